The fourth-order valence-electron chi connectivity index (χ4n) is 1.65. The van der Waals surface area contributed by atoms with Gasteiger partial charge in [0, 0.05) is 0 Å². The van der Waals surface area contributed by atoms with Crippen LogP contribution in [-0.2, 0) is 0 Å². The number of benzene rings is 1. The molecule has 16 heavy (non-hydrogen) atoms. The summed E-state index contributed by atoms with van der Waals surface area (Å²) in [4.78, 5) is 12.1. The fraction of sp³-hybridized carbons (Fsp3) is 0. The van der Waals surface area contributed by atoms with Crippen molar-refractivity contribution in [3.05, 3.63) is 46.2 Å². The second-order valence-corrected chi connectivity index (χ2v) is 3.31. The Kier molecular flexibility index (Phi) is 1.59. The van der Waals surface area contributed by atoms with Crippen molar-refractivity contribution in [2.24, 2.45) is 0 Å². The molecule has 0 amide bonds. The van der Waals surface area contributed by atoms with E-state index in [1.807, 2.05) is 6.07 Å². The summed E-state index contributed by atoms with van der Waals surface area (Å²) in [5, 5.41) is 13.1. The monoisotopic (exact) mass is 211 g/mol. The molecule has 0 fully saturated rings. The second kappa shape index (κ2) is 2.94. The molecule has 2 aromatic heterocycles. The lowest BCUT2D eigenvalue weighted by Crippen LogP contribution is -2.06. The Morgan fingerprint density at radius 1 is 1.38 bits per heavy atom. The van der Waals surface area contributed by atoms with Gasteiger partial charge in [0.2, 0.25) is 5.43 Å². The lowest BCUT2D eigenvalue weighted by molar-refractivity contribution is 0.357. The van der Waals surface area contributed by atoms with Crippen molar-refractivity contribution in [1.29, 1.82) is 5.26 Å². The van der Waals surface area contributed by atoms with E-state index in [0.29, 0.717) is 11.0 Å². The third kappa shape index (κ3) is 0.982. The first-order valence-electron chi connectivity index (χ1n) is 4.61. The quantitative estimate of drug-likeness (QED) is 0.562. The van der Waals surface area contributed by atoms with Gasteiger partial charge in [0.25, 0.3) is 0 Å². The molecule has 3 aromatic rings. The van der Waals surface area contributed by atoms with Crippen LogP contribution in [0, 0.1) is 11.3 Å². The maximum atomic E-state index is 12.1. The molecule has 2 heterocycles. The zero-order chi connectivity index (χ0) is 11.1. The predicted molar refractivity (Wildman–Crippen MR) is 55.9 cm³/mol. The number of rotatable bonds is 0. The summed E-state index contributed by atoms with van der Waals surface area (Å²) >= 11 is 0. The van der Waals surface area contributed by atoms with Gasteiger partial charge in [0.15, 0.2) is 11.1 Å². The van der Waals surface area contributed by atoms with Crippen molar-refractivity contribution >= 4 is 16.5 Å². The number of fused-ring (bicyclic) bond motifs is 2. The first-order chi connectivity index (χ1) is 7.81. The van der Waals surface area contributed by atoms with Crippen molar-refractivity contribution < 1.29 is 4.52 Å². The van der Waals surface area contributed by atoms with Crippen LogP contribution in [-0.4, -0.2) is 9.79 Å². The minimum Gasteiger partial charge on any atom is -0.357 e. The molecule has 1 aromatic carbocycles. The molecular formula is C11H5N3O2. The zero-order valence-electron chi connectivity index (χ0n) is 8.04. The Labute approximate surface area is 89.1 Å². The molecule has 0 saturated carbocycles. The van der Waals surface area contributed by atoms with E-state index >= 15 is 0 Å². The number of nitriles is 1. The molecule has 0 N–H and O–H groups in total. The molecule has 0 bridgehead atoms. The fourth-order valence-corrected chi connectivity index (χ4v) is 1.65. The van der Waals surface area contributed by atoms with Gasteiger partial charge in [0.1, 0.15) is 11.6 Å². The van der Waals surface area contributed by atoms with E-state index in [2.05, 4.69) is 5.10 Å². The number of hydrogen-bond donors (Lipinski definition) is 0. The Bertz CT molecular complexity index is 792. The zero-order valence-corrected chi connectivity index (χ0v) is 8.04. The molecule has 0 aliphatic heterocycles. The largest absolute Gasteiger partial charge is 0.357 e. The lowest BCUT2D eigenvalue weighted by atomic mass is 10.2. The molecular weight excluding hydrogens is 206 g/mol. The molecule has 3 rings (SSSR count). The van der Waals surface area contributed by atoms with Gasteiger partial charge >= 0.3 is 0 Å². The van der Waals surface area contributed by atoms with Crippen LogP contribution in [0.1, 0.15) is 5.56 Å². The Morgan fingerprint density at radius 3 is 3.00 bits per heavy atom. The maximum absolute atomic E-state index is 12.1. The van der Waals surface area contributed by atoms with Gasteiger partial charge in [-0.3, -0.25) is 4.79 Å². The normalized spacial score (nSPS) is 10.7. The van der Waals surface area contributed by atoms with E-state index in [0.717, 1.165) is 4.69 Å². The standard InChI is InChI=1S/C11H5N3O2/c12-5-7-6-13-14-10(7)11(15)8-3-1-2-4-9(8)16-14/h1-4,6H. The van der Waals surface area contributed by atoms with E-state index in [1.165, 1.54) is 6.20 Å². The molecule has 0 unspecified atom stereocenters. The highest BCUT2D eigenvalue weighted by Crippen LogP contribution is 2.13. The van der Waals surface area contributed by atoms with E-state index in [1.54, 1.807) is 24.3 Å². The van der Waals surface area contributed by atoms with E-state index in [9.17, 15) is 4.79 Å². The number of hydrogen-bond acceptors (Lipinski definition) is 4. The summed E-state index contributed by atoms with van der Waals surface area (Å²) in [6.45, 7) is 0. The third-order valence-electron chi connectivity index (χ3n) is 2.39. The van der Waals surface area contributed by atoms with Crippen LogP contribution in [0.25, 0.3) is 16.5 Å². The number of para-hydroxylation sites is 1. The highest BCUT2D eigenvalue weighted by Gasteiger charge is 2.12. The van der Waals surface area contributed by atoms with Gasteiger partial charge in [-0.25, -0.2) is 0 Å². The summed E-state index contributed by atoms with van der Waals surface area (Å²) in [5.41, 5.74) is 0.615. The highest BCUT2D eigenvalue weighted by atomic mass is 16.5. The van der Waals surface area contributed by atoms with Crippen molar-refractivity contribution in [3.8, 4) is 6.07 Å². The minimum absolute atomic E-state index is 0.182. The Hall–Kier alpha value is -2.61. The smallest absolute Gasteiger partial charge is 0.220 e. The summed E-state index contributed by atoms with van der Waals surface area (Å²) in [7, 11) is 0. The van der Waals surface area contributed by atoms with E-state index in [-0.39, 0.29) is 16.5 Å². The Balaban J connectivity index is 2.66. The first kappa shape index (κ1) is 8.68. The predicted octanol–water partition coefficient (Wildman–Crippen LogP) is 1.31. The molecule has 76 valence electrons. The lowest BCUT2D eigenvalue weighted by Gasteiger charge is -1.96. The topological polar surface area (TPSA) is 71.3 Å². The molecule has 0 spiro atoms. The van der Waals surface area contributed by atoms with Crippen LogP contribution >= 0.6 is 0 Å². The van der Waals surface area contributed by atoms with Crippen LogP contribution in [0.5, 0.6) is 0 Å². The summed E-state index contributed by atoms with van der Waals surface area (Å²) in [6, 6.07) is 8.78. The summed E-state index contributed by atoms with van der Waals surface area (Å²) in [6.07, 6.45) is 1.32. The molecule has 0 atom stereocenters. The molecule has 0 saturated heterocycles. The molecule has 0 aliphatic carbocycles. The van der Waals surface area contributed by atoms with Gasteiger partial charge < -0.3 is 4.52 Å². The van der Waals surface area contributed by atoms with Gasteiger partial charge in [-0.05, 0) is 12.1 Å². The third-order valence-corrected chi connectivity index (χ3v) is 2.39. The molecule has 5 nitrogen and oxygen atoms in total. The van der Waals surface area contributed by atoms with Crippen LogP contribution in [0.15, 0.2) is 39.8 Å². The first-order valence-corrected chi connectivity index (χ1v) is 4.61. The summed E-state index contributed by atoms with van der Waals surface area (Å²) in [5.74, 6) is 0. The molecule has 0 radical (unpaired) electrons. The summed E-state index contributed by atoms with van der Waals surface area (Å²) < 4.78 is 6.45. The van der Waals surface area contributed by atoms with Crippen molar-refractivity contribution in [3.63, 3.8) is 0 Å². The van der Waals surface area contributed by atoms with Crippen LogP contribution in [0.4, 0.5) is 0 Å². The second-order valence-electron chi connectivity index (χ2n) is 3.31. The van der Waals surface area contributed by atoms with Gasteiger partial charge in [-0.15, -0.1) is 5.10 Å². The molecule has 5 heteroatoms. The highest BCUT2D eigenvalue weighted by molar-refractivity contribution is 5.81. The van der Waals surface area contributed by atoms with Gasteiger partial charge in [-0.1, -0.05) is 16.8 Å². The Morgan fingerprint density at radius 2 is 2.19 bits per heavy atom. The van der Waals surface area contributed by atoms with E-state index < -0.39 is 0 Å². The SMILES string of the molecule is N#Cc1cnn2oc3ccccc3c(=O)c12. The maximum Gasteiger partial charge on any atom is 0.220 e. The van der Waals surface area contributed by atoms with Crippen LogP contribution in [0.2, 0.25) is 0 Å². The van der Waals surface area contributed by atoms with Gasteiger partial charge in [-0.2, -0.15) is 5.26 Å². The average molecular weight is 211 g/mol. The van der Waals surface area contributed by atoms with E-state index in [4.69, 9.17) is 9.78 Å². The minimum atomic E-state index is -0.240. The van der Waals surface area contributed by atoms with Crippen molar-refractivity contribution in [2.75, 3.05) is 0 Å². The number of nitrogens with zero attached hydrogens (tertiary/aromatic N) is 3. The number of aromatic nitrogens is 2. The average Bonchev–Trinajstić information content (AvgIpc) is 2.72. The van der Waals surface area contributed by atoms with Crippen LogP contribution in [0.3, 0.4) is 0 Å². The van der Waals surface area contributed by atoms with Crippen molar-refractivity contribution in [2.45, 2.75) is 0 Å². The van der Waals surface area contributed by atoms with Crippen LogP contribution < -0.4 is 5.43 Å². The van der Waals surface area contributed by atoms with Gasteiger partial charge in [0.05, 0.1) is 11.6 Å². The molecule has 0 aliphatic rings. The van der Waals surface area contributed by atoms with Crippen molar-refractivity contribution in [1.82, 2.24) is 9.79 Å².